The number of piperazine rings is 1. The van der Waals surface area contributed by atoms with Crippen LogP contribution < -0.4 is 10.2 Å². The number of carbonyl (C=O) groups excluding carboxylic acids is 1. The molecule has 4 rings (SSSR count). The van der Waals surface area contributed by atoms with Crippen molar-refractivity contribution in [2.45, 2.75) is 6.92 Å². The Morgan fingerprint density at radius 3 is 2.70 bits per heavy atom. The summed E-state index contributed by atoms with van der Waals surface area (Å²) in [6.07, 6.45) is 0. The van der Waals surface area contributed by atoms with E-state index in [2.05, 4.69) is 36.2 Å². The number of thiophene rings is 1. The van der Waals surface area contributed by atoms with E-state index in [0.29, 0.717) is 29.2 Å². The summed E-state index contributed by atoms with van der Waals surface area (Å²) in [6, 6.07) is 10.7. The number of benzene rings is 1. The van der Waals surface area contributed by atoms with Crippen LogP contribution in [0.3, 0.4) is 0 Å². The number of carbonyl (C=O) groups is 1. The maximum absolute atomic E-state index is 14.0. The van der Waals surface area contributed by atoms with Crippen molar-refractivity contribution in [2.75, 3.05) is 44.2 Å². The third-order valence-electron chi connectivity index (χ3n) is 5.18. The first-order valence-electron chi connectivity index (χ1n) is 9.75. The average Bonchev–Trinajstić information content (AvgIpc) is 3.34. The minimum Gasteiger partial charge on any atom is -0.367 e. The smallest absolute Gasteiger partial charge is 0.257 e. The van der Waals surface area contributed by atoms with Crippen LogP contribution in [0.15, 0.2) is 44.7 Å². The van der Waals surface area contributed by atoms with Gasteiger partial charge in [-0.3, -0.25) is 9.69 Å². The van der Waals surface area contributed by atoms with Gasteiger partial charge >= 0.3 is 0 Å². The molecule has 0 unspecified atom stereocenters. The summed E-state index contributed by atoms with van der Waals surface area (Å²) in [5.74, 6) is 0.139. The second-order valence-electron chi connectivity index (χ2n) is 7.10. The molecule has 3 heterocycles. The number of nitrogens with one attached hydrogen (secondary N) is 1. The van der Waals surface area contributed by atoms with Gasteiger partial charge in [0.05, 0.1) is 14.4 Å². The van der Waals surface area contributed by atoms with E-state index in [1.807, 2.05) is 24.3 Å². The monoisotopic (exact) mass is 492 g/mol. The van der Waals surface area contributed by atoms with Crippen LogP contribution in [-0.4, -0.2) is 55.2 Å². The molecule has 9 heteroatoms. The largest absolute Gasteiger partial charge is 0.367 e. The van der Waals surface area contributed by atoms with E-state index >= 15 is 0 Å². The first-order valence-corrected chi connectivity index (χ1v) is 11.4. The van der Waals surface area contributed by atoms with Crippen molar-refractivity contribution >= 4 is 38.9 Å². The lowest BCUT2D eigenvalue weighted by Crippen LogP contribution is -2.48. The highest BCUT2D eigenvalue weighted by molar-refractivity contribution is 9.11. The Bertz CT molecular complexity index is 1030. The van der Waals surface area contributed by atoms with Gasteiger partial charge in [-0.05, 0) is 47.1 Å². The van der Waals surface area contributed by atoms with Crippen molar-refractivity contribution in [3.8, 4) is 10.6 Å². The second kappa shape index (κ2) is 9.28. The fraction of sp³-hybridized carbons (Fsp3) is 0.333. The minimum absolute atomic E-state index is 0.182. The molecule has 0 aliphatic carbocycles. The first kappa shape index (κ1) is 21.0. The van der Waals surface area contributed by atoms with E-state index in [1.165, 1.54) is 17.4 Å². The van der Waals surface area contributed by atoms with Gasteiger partial charge in [-0.25, -0.2) is 4.39 Å². The zero-order chi connectivity index (χ0) is 21.1. The van der Waals surface area contributed by atoms with Gasteiger partial charge in [0, 0.05) is 39.3 Å². The number of halogens is 2. The quantitative estimate of drug-likeness (QED) is 0.559. The minimum atomic E-state index is -0.184. The summed E-state index contributed by atoms with van der Waals surface area (Å²) in [6.45, 7) is 6.18. The van der Waals surface area contributed by atoms with E-state index in [-0.39, 0.29) is 11.7 Å². The zero-order valence-corrected chi connectivity index (χ0v) is 18.9. The summed E-state index contributed by atoms with van der Waals surface area (Å²) in [5.41, 5.74) is 1.70. The molecule has 0 saturated carbocycles. The normalized spacial score (nSPS) is 14.8. The molecule has 1 amide bonds. The number of anilines is 1. The maximum atomic E-state index is 14.0. The summed E-state index contributed by atoms with van der Waals surface area (Å²) in [4.78, 5) is 18.0. The molecule has 1 aliphatic rings. The topological polar surface area (TPSA) is 61.6 Å². The number of para-hydroxylation sites is 1. The standard InChI is InChI=1S/C21H22BrFN4O2S/c1-14-19(20(25-29-14)17-6-7-18(22)30-17)21(28)24-8-9-26-10-12-27(13-11-26)16-5-3-2-4-15(16)23/h2-7H,8-13H2,1H3,(H,24,28). The fourth-order valence-electron chi connectivity index (χ4n) is 3.59. The molecule has 0 spiro atoms. The molecule has 0 radical (unpaired) electrons. The molecule has 1 aromatic carbocycles. The lowest BCUT2D eigenvalue weighted by atomic mass is 10.1. The molecule has 1 saturated heterocycles. The molecular formula is C21H22BrFN4O2S. The van der Waals surface area contributed by atoms with Gasteiger partial charge in [0.15, 0.2) is 0 Å². The van der Waals surface area contributed by atoms with Crippen LogP contribution in [0.4, 0.5) is 10.1 Å². The van der Waals surface area contributed by atoms with E-state index in [9.17, 15) is 9.18 Å². The van der Waals surface area contributed by atoms with Gasteiger partial charge in [-0.1, -0.05) is 17.3 Å². The predicted octanol–water partition coefficient (Wildman–Crippen LogP) is 4.17. The molecule has 6 nitrogen and oxygen atoms in total. The van der Waals surface area contributed by atoms with Crippen LogP contribution >= 0.6 is 27.3 Å². The lowest BCUT2D eigenvalue weighted by molar-refractivity contribution is 0.0947. The molecule has 3 aromatic rings. The van der Waals surface area contributed by atoms with Crippen LogP contribution in [0.1, 0.15) is 16.1 Å². The Hall–Kier alpha value is -2.23. The highest BCUT2D eigenvalue weighted by Gasteiger charge is 2.23. The second-order valence-corrected chi connectivity index (χ2v) is 9.57. The Labute approximate surface area is 186 Å². The highest BCUT2D eigenvalue weighted by atomic mass is 79.9. The van der Waals surface area contributed by atoms with Crippen molar-refractivity contribution in [2.24, 2.45) is 0 Å². The van der Waals surface area contributed by atoms with Crippen molar-refractivity contribution in [1.82, 2.24) is 15.4 Å². The van der Waals surface area contributed by atoms with Gasteiger partial charge in [0.1, 0.15) is 22.8 Å². The predicted molar refractivity (Wildman–Crippen MR) is 120 cm³/mol. The third kappa shape index (κ3) is 4.58. The van der Waals surface area contributed by atoms with Gasteiger partial charge in [0.25, 0.3) is 5.91 Å². The van der Waals surface area contributed by atoms with Gasteiger partial charge in [0.2, 0.25) is 0 Å². The summed E-state index contributed by atoms with van der Waals surface area (Å²) >= 11 is 4.94. The van der Waals surface area contributed by atoms with Crippen molar-refractivity contribution in [1.29, 1.82) is 0 Å². The Morgan fingerprint density at radius 2 is 2.00 bits per heavy atom. The molecular weight excluding hydrogens is 471 g/mol. The Kier molecular flexibility index (Phi) is 6.50. The van der Waals surface area contributed by atoms with Crippen LogP contribution in [0.5, 0.6) is 0 Å². The van der Waals surface area contributed by atoms with E-state index < -0.39 is 0 Å². The fourth-order valence-corrected chi connectivity index (χ4v) is 4.96. The van der Waals surface area contributed by atoms with Gasteiger partial charge in [-0.15, -0.1) is 11.3 Å². The molecule has 158 valence electrons. The maximum Gasteiger partial charge on any atom is 0.257 e. The number of rotatable bonds is 6. The van der Waals surface area contributed by atoms with E-state index in [1.54, 1.807) is 13.0 Å². The summed E-state index contributed by atoms with van der Waals surface area (Å²) in [7, 11) is 0. The molecule has 1 N–H and O–H groups in total. The highest BCUT2D eigenvalue weighted by Crippen LogP contribution is 2.33. The Balaban J connectivity index is 1.29. The van der Waals surface area contributed by atoms with Gasteiger partial charge < -0.3 is 14.7 Å². The van der Waals surface area contributed by atoms with E-state index in [4.69, 9.17) is 4.52 Å². The van der Waals surface area contributed by atoms with Crippen LogP contribution in [0, 0.1) is 12.7 Å². The van der Waals surface area contributed by atoms with Crippen molar-refractivity contribution < 1.29 is 13.7 Å². The average molecular weight is 493 g/mol. The number of nitrogens with zero attached hydrogens (tertiary/aromatic N) is 3. The van der Waals surface area contributed by atoms with Crippen molar-refractivity contribution in [3.05, 3.63) is 57.3 Å². The van der Waals surface area contributed by atoms with Crippen molar-refractivity contribution in [3.63, 3.8) is 0 Å². The number of hydrogen-bond acceptors (Lipinski definition) is 6. The number of aryl methyl sites for hydroxylation is 1. The zero-order valence-electron chi connectivity index (χ0n) is 16.5. The van der Waals surface area contributed by atoms with Crippen LogP contribution in [-0.2, 0) is 0 Å². The number of amides is 1. The lowest BCUT2D eigenvalue weighted by Gasteiger charge is -2.36. The molecule has 0 bridgehead atoms. The summed E-state index contributed by atoms with van der Waals surface area (Å²) in [5, 5.41) is 7.05. The van der Waals surface area contributed by atoms with Crippen LogP contribution in [0.25, 0.3) is 10.6 Å². The molecule has 1 fully saturated rings. The number of aromatic nitrogens is 1. The van der Waals surface area contributed by atoms with Gasteiger partial charge in [-0.2, -0.15) is 0 Å². The molecule has 1 aliphatic heterocycles. The van der Waals surface area contributed by atoms with Crippen LogP contribution in [0.2, 0.25) is 0 Å². The Morgan fingerprint density at radius 1 is 1.23 bits per heavy atom. The SMILES string of the molecule is Cc1onc(-c2ccc(Br)s2)c1C(=O)NCCN1CCN(c2ccccc2F)CC1. The molecule has 2 aromatic heterocycles. The van der Waals surface area contributed by atoms with E-state index in [0.717, 1.165) is 41.4 Å². The number of hydrogen-bond donors (Lipinski definition) is 1. The summed E-state index contributed by atoms with van der Waals surface area (Å²) < 4.78 is 20.2. The molecule has 0 atom stereocenters. The molecule has 30 heavy (non-hydrogen) atoms. The third-order valence-corrected chi connectivity index (χ3v) is 6.81. The first-order chi connectivity index (χ1) is 14.5.